The maximum absolute atomic E-state index is 13.1. The summed E-state index contributed by atoms with van der Waals surface area (Å²) in [5, 5.41) is 0.984. The molecule has 4 rings (SSSR count). The van der Waals surface area contributed by atoms with E-state index in [4.69, 9.17) is 4.74 Å². The topological polar surface area (TPSA) is 47.8 Å². The van der Waals surface area contributed by atoms with Gasteiger partial charge in [0, 0.05) is 18.9 Å². The summed E-state index contributed by atoms with van der Waals surface area (Å²) in [5.41, 5.74) is 3.77. The maximum atomic E-state index is 13.1. The molecular formula is C23H19NO3. The molecule has 4 heteroatoms. The Morgan fingerprint density at radius 1 is 0.926 bits per heavy atom. The monoisotopic (exact) mass is 357 g/mol. The summed E-state index contributed by atoms with van der Waals surface area (Å²) in [5.74, 6) is -0.0661. The van der Waals surface area contributed by atoms with Crippen LogP contribution in [0.5, 0.6) is 5.75 Å². The van der Waals surface area contributed by atoms with Crippen molar-refractivity contribution in [1.82, 2.24) is 4.40 Å². The van der Waals surface area contributed by atoms with Gasteiger partial charge in [0.2, 0.25) is 0 Å². The molecule has 0 aliphatic heterocycles. The van der Waals surface area contributed by atoms with E-state index in [1.54, 1.807) is 11.3 Å². The number of rotatable bonds is 3. The van der Waals surface area contributed by atoms with Crippen molar-refractivity contribution >= 4 is 22.4 Å². The lowest BCUT2D eigenvalue weighted by Crippen LogP contribution is -2.21. The highest BCUT2D eigenvalue weighted by atomic mass is 16.5. The summed E-state index contributed by atoms with van der Waals surface area (Å²) in [7, 11) is 0. The number of fused-ring (bicyclic) bond motifs is 3. The Bertz CT molecular complexity index is 1220. The molecule has 0 saturated carbocycles. The molecule has 0 fully saturated rings. The molecule has 0 bridgehead atoms. The molecule has 4 aromatic rings. The quantitative estimate of drug-likeness (QED) is 0.406. The lowest BCUT2D eigenvalue weighted by molar-refractivity contribution is -0.131. The average molecular weight is 357 g/mol. The van der Waals surface area contributed by atoms with Crippen LogP contribution in [0, 0.1) is 6.92 Å². The SMILES string of the molecule is CC(=O)Oc1c(C)c(=O)n2c(ccc3ccccc32)c1Cc1ccccc1. The minimum Gasteiger partial charge on any atom is -0.426 e. The molecule has 0 radical (unpaired) electrons. The van der Waals surface area contributed by atoms with E-state index in [0.29, 0.717) is 17.7 Å². The summed E-state index contributed by atoms with van der Waals surface area (Å²) < 4.78 is 7.22. The molecule has 0 unspecified atom stereocenters. The van der Waals surface area contributed by atoms with Gasteiger partial charge in [-0.25, -0.2) is 0 Å². The first-order valence-corrected chi connectivity index (χ1v) is 8.84. The molecule has 2 heterocycles. The maximum Gasteiger partial charge on any atom is 0.308 e. The Morgan fingerprint density at radius 2 is 1.63 bits per heavy atom. The molecule has 0 spiro atoms. The summed E-state index contributed by atoms with van der Waals surface area (Å²) in [6.45, 7) is 3.07. The van der Waals surface area contributed by atoms with Gasteiger partial charge in [0.05, 0.1) is 16.6 Å². The van der Waals surface area contributed by atoms with E-state index in [2.05, 4.69) is 0 Å². The molecule has 0 aliphatic rings. The second-order valence-electron chi connectivity index (χ2n) is 6.61. The van der Waals surface area contributed by atoms with Crippen LogP contribution in [-0.2, 0) is 11.2 Å². The fourth-order valence-corrected chi connectivity index (χ4v) is 3.52. The number of benzene rings is 2. The number of carbonyl (C=O) groups excluding carboxylic acids is 1. The van der Waals surface area contributed by atoms with Gasteiger partial charge in [0.15, 0.2) is 0 Å². The van der Waals surface area contributed by atoms with E-state index in [-0.39, 0.29) is 5.56 Å². The van der Waals surface area contributed by atoms with E-state index in [1.807, 2.05) is 66.7 Å². The lowest BCUT2D eigenvalue weighted by Gasteiger charge is -2.17. The van der Waals surface area contributed by atoms with Crippen molar-refractivity contribution in [3.05, 3.63) is 93.8 Å². The van der Waals surface area contributed by atoms with Crippen LogP contribution in [0.2, 0.25) is 0 Å². The van der Waals surface area contributed by atoms with Crippen LogP contribution >= 0.6 is 0 Å². The van der Waals surface area contributed by atoms with Crippen LogP contribution in [0.25, 0.3) is 16.4 Å². The zero-order valence-corrected chi connectivity index (χ0v) is 15.2. The van der Waals surface area contributed by atoms with Crippen LogP contribution in [0.4, 0.5) is 0 Å². The molecule has 2 aromatic heterocycles. The predicted octanol–water partition coefficient (Wildman–Crippen LogP) is 4.28. The molecular weight excluding hydrogens is 338 g/mol. The number of para-hydroxylation sites is 1. The fraction of sp³-hybridized carbons (Fsp3) is 0.130. The van der Waals surface area contributed by atoms with Gasteiger partial charge >= 0.3 is 5.97 Å². The lowest BCUT2D eigenvalue weighted by atomic mass is 10.0. The zero-order chi connectivity index (χ0) is 19.0. The van der Waals surface area contributed by atoms with Gasteiger partial charge in [-0.3, -0.25) is 14.0 Å². The van der Waals surface area contributed by atoms with Gasteiger partial charge in [-0.2, -0.15) is 0 Å². The van der Waals surface area contributed by atoms with E-state index < -0.39 is 5.97 Å². The summed E-state index contributed by atoms with van der Waals surface area (Å²) in [4.78, 5) is 24.8. The Balaban J connectivity index is 2.10. The highest BCUT2D eigenvalue weighted by molar-refractivity contribution is 5.84. The third-order valence-electron chi connectivity index (χ3n) is 4.76. The van der Waals surface area contributed by atoms with Crippen molar-refractivity contribution in [3.8, 4) is 5.75 Å². The number of pyridine rings is 2. The zero-order valence-electron chi connectivity index (χ0n) is 15.2. The molecule has 2 aromatic carbocycles. The number of aromatic nitrogens is 1. The molecule has 0 saturated heterocycles. The molecule has 0 aliphatic carbocycles. The third kappa shape index (κ3) is 2.99. The predicted molar refractivity (Wildman–Crippen MR) is 106 cm³/mol. The van der Waals surface area contributed by atoms with Crippen LogP contribution in [-0.4, -0.2) is 10.4 Å². The second-order valence-corrected chi connectivity index (χ2v) is 6.61. The average Bonchev–Trinajstić information content (AvgIpc) is 2.68. The standard InChI is InChI=1S/C23H19NO3/c1-15-22(27-16(2)25)19(14-17-8-4-3-5-9-17)21-13-12-18-10-6-7-11-20(18)24(21)23(15)26/h3-13H,14H2,1-2H3. The van der Waals surface area contributed by atoms with E-state index >= 15 is 0 Å². The highest BCUT2D eigenvalue weighted by Crippen LogP contribution is 2.30. The number of carbonyl (C=O) groups is 1. The molecule has 4 nitrogen and oxygen atoms in total. The van der Waals surface area contributed by atoms with Crippen molar-refractivity contribution in [3.63, 3.8) is 0 Å². The first kappa shape index (κ1) is 17.0. The fourth-order valence-electron chi connectivity index (χ4n) is 3.52. The van der Waals surface area contributed by atoms with Gasteiger partial charge in [-0.15, -0.1) is 0 Å². The first-order chi connectivity index (χ1) is 13.1. The largest absolute Gasteiger partial charge is 0.426 e. The Morgan fingerprint density at radius 3 is 2.37 bits per heavy atom. The first-order valence-electron chi connectivity index (χ1n) is 8.84. The van der Waals surface area contributed by atoms with Crippen molar-refractivity contribution in [2.75, 3.05) is 0 Å². The van der Waals surface area contributed by atoms with E-state index in [9.17, 15) is 9.59 Å². The molecule has 0 atom stereocenters. The number of esters is 1. The van der Waals surface area contributed by atoms with Crippen molar-refractivity contribution in [1.29, 1.82) is 0 Å². The van der Waals surface area contributed by atoms with Crippen molar-refractivity contribution in [2.24, 2.45) is 0 Å². The Kier molecular flexibility index (Phi) is 4.24. The van der Waals surface area contributed by atoms with Crippen LogP contribution in [0.15, 0.2) is 71.5 Å². The highest BCUT2D eigenvalue weighted by Gasteiger charge is 2.19. The van der Waals surface area contributed by atoms with Gasteiger partial charge < -0.3 is 4.74 Å². The van der Waals surface area contributed by atoms with Gasteiger partial charge in [-0.05, 0) is 30.0 Å². The van der Waals surface area contributed by atoms with Crippen LogP contribution in [0.1, 0.15) is 23.6 Å². The molecule has 27 heavy (non-hydrogen) atoms. The Hall–Kier alpha value is -3.40. The summed E-state index contributed by atoms with van der Waals surface area (Å²) in [6, 6.07) is 21.6. The molecule has 0 amide bonds. The van der Waals surface area contributed by atoms with Crippen molar-refractivity contribution in [2.45, 2.75) is 20.3 Å². The van der Waals surface area contributed by atoms with E-state index in [1.165, 1.54) is 6.92 Å². The van der Waals surface area contributed by atoms with Gasteiger partial charge in [-0.1, -0.05) is 54.6 Å². The normalized spacial score (nSPS) is 11.0. The smallest absolute Gasteiger partial charge is 0.308 e. The van der Waals surface area contributed by atoms with E-state index in [0.717, 1.165) is 27.5 Å². The van der Waals surface area contributed by atoms with Crippen molar-refractivity contribution < 1.29 is 9.53 Å². The minimum atomic E-state index is -0.433. The molecule has 0 N–H and O–H groups in total. The number of hydrogen-bond acceptors (Lipinski definition) is 3. The number of hydrogen-bond donors (Lipinski definition) is 0. The number of nitrogens with zero attached hydrogens (tertiary/aromatic N) is 1. The summed E-state index contributed by atoms with van der Waals surface area (Å²) in [6.07, 6.45) is 0.562. The minimum absolute atomic E-state index is 0.171. The van der Waals surface area contributed by atoms with Gasteiger partial charge in [0.1, 0.15) is 5.75 Å². The molecule has 134 valence electrons. The Labute approximate surface area is 156 Å². The van der Waals surface area contributed by atoms with Crippen LogP contribution in [0.3, 0.4) is 0 Å². The summed E-state index contributed by atoms with van der Waals surface area (Å²) >= 11 is 0. The number of ether oxygens (including phenoxy) is 1. The second kappa shape index (κ2) is 6.72. The van der Waals surface area contributed by atoms with Gasteiger partial charge in [0.25, 0.3) is 5.56 Å². The van der Waals surface area contributed by atoms with Crippen LogP contribution < -0.4 is 10.3 Å². The third-order valence-corrected chi connectivity index (χ3v) is 4.76.